The number of fused-ring (bicyclic) bond motifs is 1. The van der Waals surface area contributed by atoms with Gasteiger partial charge in [-0.25, -0.2) is 0 Å². The predicted molar refractivity (Wildman–Crippen MR) is 95.2 cm³/mol. The molecule has 0 fully saturated rings. The molecule has 0 aromatic heterocycles. The van der Waals surface area contributed by atoms with E-state index < -0.39 is 0 Å². The van der Waals surface area contributed by atoms with Crippen molar-refractivity contribution in [1.29, 1.82) is 0 Å². The Morgan fingerprint density at radius 1 is 1.08 bits per heavy atom. The summed E-state index contributed by atoms with van der Waals surface area (Å²) in [6, 6.07) is 15.6. The van der Waals surface area contributed by atoms with Gasteiger partial charge in [-0.3, -0.25) is 9.59 Å². The summed E-state index contributed by atoms with van der Waals surface area (Å²) in [5.41, 5.74) is 3.60. The van der Waals surface area contributed by atoms with Crippen LogP contribution in [0.25, 0.3) is 0 Å². The van der Waals surface area contributed by atoms with Crippen LogP contribution in [0, 0.1) is 6.92 Å². The van der Waals surface area contributed by atoms with Gasteiger partial charge in [-0.1, -0.05) is 42.0 Å². The summed E-state index contributed by atoms with van der Waals surface area (Å²) >= 11 is 0. The molecule has 0 saturated carbocycles. The molecule has 2 aromatic carbocycles. The maximum atomic E-state index is 12.3. The Labute approximate surface area is 147 Å². The number of nitrogens with zero attached hydrogens (tertiary/aromatic N) is 1. The zero-order chi connectivity index (χ0) is 17.6. The van der Waals surface area contributed by atoms with Gasteiger partial charge in [-0.2, -0.15) is 0 Å². The number of benzene rings is 2. The first kappa shape index (κ1) is 17.0. The summed E-state index contributed by atoms with van der Waals surface area (Å²) in [6.07, 6.45) is 0.854. The third kappa shape index (κ3) is 4.59. The van der Waals surface area contributed by atoms with E-state index in [-0.39, 0.29) is 25.0 Å². The first-order valence-corrected chi connectivity index (χ1v) is 8.42. The van der Waals surface area contributed by atoms with Crippen molar-refractivity contribution in [3.63, 3.8) is 0 Å². The number of aryl methyl sites for hydroxylation is 1. The molecule has 3 rings (SSSR count). The Hall–Kier alpha value is -2.82. The van der Waals surface area contributed by atoms with Gasteiger partial charge in [0, 0.05) is 13.1 Å². The van der Waals surface area contributed by atoms with Crippen molar-refractivity contribution in [3.05, 3.63) is 65.2 Å². The highest BCUT2D eigenvalue weighted by atomic mass is 16.5. The van der Waals surface area contributed by atoms with Gasteiger partial charge in [0.25, 0.3) is 5.91 Å². The predicted octanol–water partition coefficient (Wildman–Crippen LogP) is 2.07. The smallest absolute Gasteiger partial charge is 0.258 e. The first-order chi connectivity index (χ1) is 12.1. The van der Waals surface area contributed by atoms with E-state index in [2.05, 4.69) is 11.4 Å². The maximum absolute atomic E-state index is 12.3. The molecule has 0 atom stereocenters. The van der Waals surface area contributed by atoms with Crippen LogP contribution in [0.15, 0.2) is 48.5 Å². The van der Waals surface area contributed by atoms with Crippen LogP contribution < -0.4 is 10.1 Å². The number of amides is 2. The quantitative estimate of drug-likeness (QED) is 0.908. The molecule has 1 aliphatic heterocycles. The summed E-state index contributed by atoms with van der Waals surface area (Å²) in [4.78, 5) is 25.9. The van der Waals surface area contributed by atoms with E-state index in [0.29, 0.717) is 18.8 Å². The molecular weight excluding hydrogens is 316 g/mol. The van der Waals surface area contributed by atoms with E-state index in [0.717, 1.165) is 12.0 Å². The highest BCUT2D eigenvalue weighted by molar-refractivity contribution is 5.85. The van der Waals surface area contributed by atoms with Gasteiger partial charge in [0.1, 0.15) is 5.75 Å². The van der Waals surface area contributed by atoms with Crippen molar-refractivity contribution in [2.24, 2.45) is 0 Å². The molecule has 5 heteroatoms. The molecule has 0 saturated heterocycles. The number of hydrogen-bond donors (Lipinski definition) is 1. The lowest BCUT2D eigenvalue weighted by molar-refractivity contribution is -0.134. The molecule has 5 nitrogen and oxygen atoms in total. The molecule has 0 radical (unpaired) electrons. The van der Waals surface area contributed by atoms with Crippen LogP contribution in [-0.4, -0.2) is 36.4 Å². The number of hydrogen-bond acceptors (Lipinski definition) is 3. The molecule has 25 heavy (non-hydrogen) atoms. The van der Waals surface area contributed by atoms with Gasteiger partial charge < -0.3 is 15.0 Å². The number of nitrogens with one attached hydrogen (secondary N) is 1. The minimum atomic E-state index is -0.300. The highest BCUT2D eigenvalue weighted by Gasteiger charge is 2.20. The molecule has 1 aliphatic rings. The van der Waals surface area contributed by atoms with Crippen LogP contribution >= 0.6 is 0 Å². The van der Waals surface area contributed by atoms with Crippen LogP contribution in [0.3, 0.4) is 0 Å². The van der Waals surface area contributed by atoms with Crippen LogP contribution in [0.5, 0.6) is 5.75 Å². The first-order valence-electron chi connectivity index (χ1n) is 8.42. The van der Waals surface area contributed by atoms with Crippen molar-refractivity contribution in [3.8, 4) is 5.75 Å². The number of carbonyl (C=O) groups excluding carboxylic acids is 2. The van der Waals surface area contributed by atoms with Crippen molar-refractivity contribution < 1.29 is 14.3 Å². The second-order valence-electron chi connectivity index (χ2n) is 6.21. The monoisotopic (exact) mass is 338 g/mol. The van der Waals surface area contributed by atoms with Crippen LogP contribution in [0.4, 0.5) is 0 Å². The largest absolute Gasteiger partial charge is 0.484 e. The van der Waals surface area contributed by atoms with Crippen LogP contribution in [0.1, 0.15) is 16.7 Å². The Balaban J connectivity index is 1.43. The molecule has 2 amide bonds. The minimum Gasteiger partial charge on any atom is -0.484 e. The molecule has 2 aromatic rings. The average Bonchev–Trinajstić information content (AvgIpc) is 2.65. The van der Waals surface area contributed by atoms with Crippen molar-refractivity contribution in [2.45, 2.75) is 19.9 Å². The number of ether oxygens (including phenoxy) is 1. The van der Waals surface area contributed by atoms with Gasteiger partial charge in [-0.05, 0) is 36.6 Å². The third-order valence-corrected chi connectivity index (χ3v) is 4.31. The van der Waals surface area contributed by atoms with Crippen molar-refractivity contribution >= 4 is 11.8 Å². The van der Waals surface area contributed by atoms with E-state index in [9.17, 15) is 9.59 Å². The highest BCUT2D eigenvalue weighted by Crippen LogP contribution is 2.18. The van der Waals surface area contributed by atoms with Gasteiger partial charge in [0.15, 0.2) is 6.61 Å². The van der Waals surface area contributed by atoms with Crippen molar-refractivity contribution in [1.82, 2.24) is 10.2 Å². The Bertz CT molecular complexity index is 756. The fourth-order valence-electron chi connectivity index (χ4n) is 2.83. The van der Waals surface area contributed by atoms with E-state index in [1.807, 2.05) is 49.4 Å². The molecule has 0 unspecified atom stereocenters. The molecule has 1 heterocycles. The fourth-order valence-corrected chi connectivity index (χ4v) is 2.83. The second-order valence-corrected chi connectivity index (χ2v) is 6.21. The van der Waals surface area contributed by atoms with Gasteiger partial charge in [-0.15, -0.1) is 0 Å². The fraction of sp³-hybridized carbons (Fsp3) is 0.300. The van der Waals surface area contributed by atoms with E-state index in [1.54, 1.807) is 4.90 Å². The lowest BCUT2D eigenvalue weighted by Gasteiger charge is -2.29. The van der Waals surface area contributed by atoms with Gasteiger partial charge >= 0.3 is 0 Å². The van der Waals surface area contributed by atoms with Gasteiger partial charge in [0.05, 0.1) is 6.54 Å². The lowest BCUT2D eigenvalue weighted by Crippen LogP contribution is -2.43. The Kier molecular flexibility index (Phi) is 5.33. The minimum absolute atomic E-state index is 0.00173. The number of rotatable bonds is 5. The summed E-state index contributed by atoms with van der Waals surface area (Å²) < 4.78 is 5.41. The topological polar surface area (TPSA) is 58.6 Å². The Morgan fingerprint density at radius 3 is 2.56 bits per heavy atom. The third-order valence-electron chi connectivity index (χ3n) is 4.31. The van der Waals surface area contributed by atoms with E-state index in [1.165, 1.54) is 11.1 Å². The summed E-state index contributed by atoms with van der Waals surface area (Å²) in [5.74, 6) is 0.268. The summed E-state index contributed by atoms with van der Waals surface area (Å²) in [5, 5.41) is 2.63. The van der Waals surface area contributed by atoms with E-state index in [4.69, 9.17) is 4.74 Å². The molecule has 0 bridgehead atoms. The molecule has 0 aliphatic carbocycles. The number of carbonyl (C=O) groups is 2. The lowest BCUT2D eigenvalue weighted by atomic mass is 10.00. The zero-order valence-corrected chi connectivity index (χ0v) is 14.3. The zero-order valence-electron chi connectivity index (χ0n) is 14.3. The normalized spacial score (nSPS) is 13.1. The molecule has 130 valence electrons. The summed E-state index contributed by atoms with van der Waals surface area (Å²) in [6.45, 7) is 3.18. The average molecular weight is 338 g/mol. The SMILES string of the molecule is Cc1ccc(OCC(=O)NCC(=O)N2CCc3ccccc3C2)cc1. The molecule has 1 N–H and O–H groups in total. The second kappa shape index (κ2) is 7.83. The molecule has 0 spiro atoms. The van der Waals surface area contributed by atoms with Crippen LogP contribution in [-0.2, 0) is 22.6 Å². The van der Waals surface area contributed by atoms with E-state index >= 15 is 0 Å². The Morgan fingerprint density at radius 2 is 1.80 bits per heavy atom. The maximum Gasteiger partial charge on any atom is 0.258 e. The summed E-state index contributed by atoms with van der Waals surface area (Å²) in [7, 11) is 0. The van der Waals surface area contributed by atoms with Gasteiger partial charge in [0.2, 0.25) is 5.91 Å². The molecular formula is C20H22N2O3. The van der Waals surface area contributed by atoms with Crippen molar-refractivity contribution in [2.75, 3.05) is 19.7 Å². The standard InChI is InChI=1S/C20H22N2O3/c1-15-6-8-18(9-7-15)25-14-19(23)21-12-20(24)22-11-10-16-4-2-3-5-17(16)13-22/h2-9H,10-14H2,1H3,(H,21,23). The van der Waals surface area contributed by atoms with Crippen LogP contribution in [0.2, 0.25) is 0 Å².